The molecule has 26 heavy (non-hydrogen) atoms. The number of benzene rings is 2. The number of rotatable bonds is 5. The number of amides is 1. The number of nitrogens with zero attached hydrogens (tertiary/aromatic N) is 1. The van der Waals surface area contributed by atoms with Gasteiger partial charge in [-0.1, -0.05) is 50.2 Å². The Bertz CT molecular complexity index is 948. The smallest absolute Gasteiger partial charge is 0.327 e. The summed E-state index contributed by atoms with van der Waals surface area (Å²) in [5.41, 5.74) is 2.04. The van der Waals surface area contributed by atoms with E-state index in [4.69, 9.17) is 4.74 Å². The predicted octanol–water partition coefficient (Wildman–Crippen LogP) is 2.70. The topological polar surface area (TPSA) is 80.8 Å². The van der Waals surface area contributed by atoms with Gasteiger partial charge in [0.15, 0.2) is 0 Å². The van der Waals surface area contributed by atoms with E-state index < -0.39 is 28.4 Å². The molecule has 0 unspecified atom stereocenters. The van der Waals surface area contributed by atoms with Gasteiger partial charge >= 0.3 is 5.97 Å². The Balaban J connectivity index is 1.65. The first-order valence-corrected chi connectivity index (χ1v) is 9.65. The van der Waals surface area contributed by atoms with Gasteiger partial charge in [-0.3, -0.25) is 9.59 Å². The van der Waals surface area contributed by atoms with Crippen LogP contribution in [0.4, 0.5) is 0 Å². The third-order valence-electron chi connectivity index (χ3n) is 4.23. The van der Waals surface area contributed by atoms with Crippen LogP contribution in [0.2, 0.25) is 0 Å². The van der Waals surface area contributed by atoms with E-state index in [1.807, 2.05) is 24.3 Å². The Kier molecular flexibility index (Phi) is 4.82. The quantitative estimate of drug-likeness (QED) is 0.753. The summed E-state index contributed by atoms with van der Waals surface area (Å²) in [4.78, 5) is 24.2. The van der Waals surface area contributed by atoms with E-state index in [-0.39, 0.29) is 17.1 Å². The number of carbonyl (C=O) groups excluding carboxylic acids is 2. The highest BCUT2D eigenvalue weighted by Crippen LogP contribution is 2.29. The minimum Gasteiger partial charge on any atom is -0.459 e. The van der Waals surface area contributed by atoms with Gasteiger partial charge in [0.05, 0.1) is 5.56 Å². The second-order valence-corrected chi connectivity index (χ2v) is 8.20. The molecule has 0 saturated heterocycles. The molecule has 1 aliphatic heterocycles. The lowest BCUT2D eigenvalue weighted by molar-refractivity contribution is -0.144. The summed E-state index contributed by atoms with van der Waals surface area (Å²) in [5, 5.41) is 0. The number of sulfonamides is 1. The van der Waals surface area contributed by atoms with Gasteiger partial charge in [0.1, 0.15) is 18.0 Å². The van der Waals surface area contributed by atoms with E-state index in [0.717, 1.165) is 5.56 Å². The number of hydrogen-bond donors (Lipinski definition) is 0. The molecular formula is C19H19NO5S. The zero-order valence-electron chi connectivity index (χ0n) is 14.5. The molecule has 0 spiro atoms. The van der Waals surface area contributed by atoms with E-state index in [0.29, 0.717) is 10.2 Å². The van der Waals surface area contributed by atoms with Crippen molar-refractivity contribution in [2.24, 2.45) is 0 Å². The molecule has 0 aromatic heterocycles. The van der Waals surface area contributed by atoms with Crippen LogP contribution in [-0.2, 0) is 26.2 Å². The number of fused-ring (bicyclic) bond motifs is 1. The fraction of sp³-hybridized carbons (Fsp3) is 0.263. The van der Waals surface area contributed by atoms with Crippen LogP contribution in [0.15, 0.2) is 53.4 Å². The van der Waals surface area contributed by atoms with Crippen molar-refractivity contribution in [2.45, 2.75) is 31.3 Å². The van der Waals surface area contributed by atoms with E-state index in [2.05, 4.69) is 13.8 Å². The van der Waals surface area contributed by atoms with E-state index >= 15 is 0 Å². The number of carbonyl (C=O) groups is 2. The van der Waals surface area contributed by atoms with Gasteiger partial charge in [0, 0.05) is 0 Å². The summed E-state index contributed by atoms with van der Waals surface area (Å²) >= 11 is 0. The molecule has 0 bridgehead atoms. The van der Waals surface area contributed by atoms with Crippen LogP contribution in [0.3, 0.4) is 0 Å². The van der Waals surface area contributed by atoms with Crippen LogP contribution in [0.5, 0.6) is 0 Å². The summed E-state index contributed by atoms with van der Waals surface area (Å²) in [6, 6.07) is 13.5. The predicted molar refractivity (Wildman–Crippen MR) is 95.0 cm³/mol. The molecule has 2 aromatic carbocycles. The van der Waals surface area contributed by atoms with E-state index in [9.17, 15) is 18.0 Å². The number of ether oxygens (including phenoxy) is 1. The molecule has 136 valence electrons. The zero-order chi connectivity index (χ0) is 18.9. The van der Waals surface area contributed by atoms with Crippen molar-refractivity contribution in [2.75, 3.05) is 6.54 Å². The lowest BCUT2D eigenvalue weighted by Gasteiger charge is -2.14. The molecule has 3 rings (SSSR count). The largest absolute Gasteiger partial charge is 0.459 e. The van der Waals surface area contributed by atoms with Crippen molar-refractivity contribution in [3.8, 4) is 0 Å². The minimum atomic E-state index is -4.01. The summed E-state index contributed by atoms with van der Waals surface area (Å²) in [6.45, 7) is 3.55. The average Bonchev–Trinajstić information content (AvgIpc) is 2.81. The van der Waals surface area contributed by atoms with Gasteiger partial charge in [0.2, 0.25) is 0 Å². The van der Waals surface area contributed by atoms with Gasteiger partial charge in [-0.05, 0) is 29.2 Å². The maximum Gasteiger partial charge on any atom is 0.327 e. The molecule has 1 amide bonds. The molecule has 0 aliphatic carbocycles. The normalized spacial score (nSPS) is 15.2. The van der Waals surface area contributed by atoms with Crippen LogP contribution in [-0.4, -0.2) is 31.1 Å². The Labute approximate surface area is 152 Å². The summed E-state index contributed by atoms with van der Waals surface area (Å²) in [5.74, 6) is -1.08. The number of esters is 1. The summed E-state index contributed by atoms with van der Waals surface area (Å²) in [6.07, 6.45) is 0. The Morgan fingerprint density at radius 2 is 1.73 bits per heavy atom. The molecule has 1 heterocycles. The van der Waals surface area contributed by atoms with E-state index in [1.165, 1.54) is 23.8 Å². The van der Waals surface area contributed by atoms with Gasteiger partial charge in [0.25, 0.3) is 15.9 Å². The summed E-state index contributed by atoms with van der Waals surface area (Å²) in [7, 11) is -4.01. The van der Waals surface area contributed by atoms with Gasteiger partial charge in [-0.15, -0.1) is 0 Å². The molecule has 0 radical (unpaired) electrons. The fourth-order valence-electron chi connectivity index (χ4n) is 2.71. The van der Waals surface area contributed by atoms with Crippen molar-refractivity contribution in [1.82, 2.24) is 4.31 Å². The molecule has 0 saturated carbocycles. The van der Waals surface area contributed by atoms with Crippen LogP contribution >= 0.6 is 0 Å². The van der Waals surface area contributed by atoms with Crippen LogP contribution in [0.25, 0.3) is 0 Å². The first-order valence-electron chi connectivity index (χ1n) is 8.21. The van der Waals surface area contributed by atoms with Crippen molar-refractivity contribution in [1.29, 1.82) is 0 Å². The molecule has 6 nitrogen and oxygen atoms in total. The fourth-order valence-corrected chi connectivity index (χ4v) is 4.23. The average molecular weight is 373 g/mol. The third kappa shape index (κ3) is 3.35. The van der Waals surface area contributed by atoms with Crippen LogP contribution < -0.4 is 0 Å². The minimum absolute atomic E-state index is 0.0201. The lowest BCUT2D eigenvalue weighted by Crippen LogP contribution is -2.35. The highest BCUT2D eigenvalue weighted by atomic mass is 32.2. The Morgan fingerprint density at radius 3 is 2.35 bits per heavy atom. The zero-order valence-corrected chi connectivity index (χ0v) is 15.3. The highest BCUT2D eigenvalue weighted by molar-refractivity contribution is 7.90. The molecule has 0 N–H and O–H groups in total. The van der Waals surface area contributed by atoms with E-state index in [1.54, 1.807) is 6.07 Å². The highest BCUT2D eigenvalue weighted by Gasteiger charge is 2.42. The molecule has 0 atom stereocenters. The first-order chi connectivity index (χ1) is 12.3. The van der Waals surface area contributed by atoms with Crippen molar-refractivity contribution >= 4 is 21.9 Å². The Morgan fingerprint density at radius 1 is 1.08 bits per heavy atom. The second-order valence-electron chi connectivity index (χ2n) is 6.37. The summed E-state index contributed by atoms with van der Waals surface area (Å²) < 4.78 is 30.5. The molecule has 7 heteroatoms. The van der Waals surface area contributed by atoms with Crippen molar-refractivity contribution < 1.29 is 22.7 Å². The van der Waals surface area contributed by atoms with Crippen LogP contribution in [0, 0.1) is 0 Å². The third-order valence-corrected chi connectivity index (χ3v) is 6.02. The van der Waals surface area contributed by atoms with Gasteiger partial charge in [-0.2, -0.15) is 0 Å². The SMILES string of the molecule is CC(C)c1ccc(COC(=O)CN2C(=O)c3ccccc3S2(=O)=O)cc1. The monoisotopic (exact) mass is 373 g/mol. The standard InChI is InChI=1S/C19H19NO5S/c1-13(2)15-9-7-14(8-10-15)12-25-18(21)11-20-19(22)16-5-3-4-6-17(16)26(20,23)24/h3-10,13H,11-12H2,1-2H3. The number of hydrogen-bond acceptors (Lipinski definition) is 5. The first kappa shape index (κ1) is 18.1. The lowest BCUT2D eigenvalue weighted by atomic mass is 10.0. The molecule has 0 fully saturated rings. The second kappa shape index (κ2) is 6.92. The maximum absolute atomic E-state index is 12.4. The van der Waals surface area contributed by atoms with Crippen LogP contribution in [0.1, 0.15) is 41.3 Å². The van der Waals surface area contributed by atoms with Crippen molar-refractivity contribution in [3.05, 3.63) is 65.2 Å². The van der Waals surface area contributed by atoms with Gasteiger partial charge < -0.3 is 4.74 Å². The maximum atomic E-state index is 12.4. The Hall–Kier alpha value is -2.67. The molecular weight excluding hydrogens is 354 g/mol. The molecule has 2 aromatic rings. The molecule has 1 aliphatic rings. The van der Waals surface area contributed by atoms with Gasteiger partial charge in [-0.25, -0.2) is 12.7 Å². The van der Waals surface area contributed by atoms with Crippen molar-refractivity contribution in [3.63, 3.8) is 0 Å².